The SMILES string of the molecule is CC1CCN(CC(=O)c2cc3ccccc3o2)C(C)C1. The fourth-order valence-electron chi connectivity index (χ4n) is 3.07. The van der Waals surface area contributed by atoms with Gasteiger partial charge in [0.25, 0.3) is 0 Å². The molecule has 0 amide bonds. The summed E-state index contributed by atoms with van der Waals surface area (Å²) in [6.45, 7) is 5.97. The first-order valence-corrected chi connectivity index (χ1v) is 7.39. The van der Waals surface area contributed by atoms with E-state index in [4.69, 9.17) is 4.42 Å². The molecule has 106 valence electrons. The zero-order valence-corrected chi connectivity index (χ0v) is 12.1. The Bertz CT molecular complexity index is 583. The maximum Gasteiger partial charge on any atom is 0.211 e. The second-order valence-corrected chi connectivity index (χ2v) is 6.02. The molecule has 0 spiro atoms. The number of rotatable bonds is 3. The molecule has 1 saturated heterocycles. The number of carbonyl (C=O) groups excluding carboxylic acids is 1. The number of fused-ring (bicyclic) bond motifs is 1. The molecular formula is C17H21NO2. The molecule has 0 saturated carbocycles. The summed E-state index contributed by atoms with van der Waals surface area (Å²) < 4.78 is 5.65. The zero-order valence-electron chi connectivity index (χ0n) is 12.1. The largest absolute Gasteiger partial charge is 0.453 e. The second kappa shape index (κ2) is 5.41. The zero-order chi connectivity index (χ0) is 14.1. The first kappa shape index (κ1) is 13.4. The third-order valence-corrected chi connectivity index (χ3v) is 4.32. The Balaban J connectivity index is 1.72. The molecule has 20 heavy (non-hydrogen) atoms. The Kier molecular flexibility index (Phi) is 3.62. The highest BCUT2D eigenvalue weighted by atomic mass is 16.3. The van der Waals surface area contributed by atoms with Crippen LogP contribution in [0.4, 0.5) is 0 Å². The smallest absolute Gasteiger partial charge is 0.211 e. The average Bonchev–Trinajstić information content (AvgIpc) is 2.86. The van der Waals surface area contributed by atoms with Crippen molar-refractivity contribution in [2.45, 2.75) is 32.7 Å². The van der Waals surface area contributed by atoms with E-state index in [1.165, 1.54) is 12.8 Å². The molecule has 1 aliphatic rings. The lowest BCUT2D eigenvalue weighted by atomic mass is 9.93. The molecule has 0 radical (unpaired) electrons. The number of likely N-dealkylation sites (tertiary alicyclic amines) is 1. The van der Waals surface area contributed by atoms with E-state index in [1.54, 1.807) is 0 Å². The lowest BCUT2D eigenvalue weighted by Gasteiger charge is -2.35. The van der Waals surface area contributed by atoms with E-state index in [0.29, 0.717) is 18.3 Å². The number of hydrogen-bond donors (Lipinski definition) is 0. The maximum absolute atomic E-state index is 12.4. The van der Waals surface area contributed by atoms with Gasteiger partial charge in [0.2, 0.25) is 5.78 Å². The second-order valence-electron chi connectivity index (χ2n) is 6.02. The van der Waals surface area contributed by atoms with Gasteiger partial charge in [0.05, 0.1) is 6.54 Å². The van der Waals surface area contributed by atoms with Crippen molar-refractivity contribution in [1.29, 1.82) is 0 Å². The fourth-order valence-corrected chi connectivity index (χ4v) is 3.07. The predicted molar refractivity (Wildman–Crippen MR) is 80.0 cm³/mol. The highest BCUT2D eigenvalue weighted by Gasteiger charge is 2.25. The van der Waals surface area contributed by atoms with Gasteiger partial charge in [0.15, 0.2) is 5.76 Å². The molecule has 3 nitrogen and oxygen atoms in total. The molecule has 1 aliphatic heterocycles. The van der Waals surface area contributed by atoms with Crippen molar-refractivity contribution in [1.82, 2.24) is 4.90 Å². The van der Waals surface area contributed by atoms with Crippen molar-refractivity contribution in [3.05, 3.63) is 36.1 Å². The van der Waals surface area contributed by atoms with Gasteiger partial charge in [-0.3, -0.25) is 9.69 Å². The van der Waals surface area contributed by atoms with Crippen LogP contribution in [0.25, 0.3) is 11.0 Å². The van der Waals surface area contributed by atoms with Gasteiger partial charge < -0.3 is 4.42 Å². The fraction of sp³-hybridized carbons (Fsp3) is 0.471. The Morgan fingerprint density at radius 2 is 2.15 bits per heavy atom. The topological polar surface area (TPSA) is 33.5 Å². The van der Waals surface area contributed by atoms with Crippen LogP contribution in [0, 0.1) is 5.92 Å². The van der Waals surface area contributed by atoms with Crippen LogP contribution in [-0.2, 0) is 0 Å². The van der Waals surface area contributed by atoms with E-state index < -0.39 is 0 Å². The van der Waals surface area contributed by atoms with Crippen LogP contribution in [0.2, 0.25) is 0 Å². The molecule has 0 N–H and O–H groups in total. The summed E-state index contributed by atoms with van der Waals surface area (Å²) in [7, 11) is 0. The van der Waals surface area contributed by atoms with Gasteiger partial charge in [-0.15, -0.1) is 0 Å². The molecule has 0 bridgehead atoms. The number of nitrogens with zero attached hydrogens (tertiary/aromatic N) is 1. The highest BCUT2D eigenvalue weighted by Crippen LogP contribution is 2.23. The van der Waals surface area contributed by atoms with E-state index in [-0.39, 0.29) is 5.78 Å². The number of para-hydroxylation sites is 1. The predicted octanol–water partition coefficient (Wildman–Crippen LogP) is 3.74. The van der Waals surface area contributed by atoms with Crippen LogP contribution in [0.3, 0.4) is 0 Å². The molecule has 3 heteroatoms. The molecule has 2 unspecified atom stereocenters. The van der Waals surface area contributed by atoms with Gasteiger partial charge in [0.1, 0.15) is 5.58 Å². The van der Waals surface area contributed by atoms with Gasteiger partial charge in [-0.05, 0) is 44.4 Å². The molecule has 2 atom stereocenters. The number of ketones is 1. The van der Waals surface area contributed by atoms with Crippen molar-refractivity contribution >= 4 is 16.8 Å². The van der Waals surface area contributed by atoms with Crippen LogP contribution in [0.1, 0.15) is 37.2 Å². The van der Waals surface area contributed by atoms with Gasteiger partial charge in [0, 0.05) is 11.4 Å². The van der Waals surface area contributed by atoms with Crippen molar-refractivity contribution in [3.8, 4) is 0 Å². The lowest BCUT2D eigenvalue weighted by molar-refractivity contribution is 0.0793. The van der Waals surface area contributed by atoms with Crippen LogP contribution in [0.5, 0.6) is 0 Å². The molecule has 2 aromatic rings. The summed E-state index contributed by atoms with van der Waals surface area (Å²) in [6, 6.07) is 10.1. The lowest BCUT2D eigenvalue weighted by Crippen LogP contribution is -2.42. The Morgan fingerprint density at radius 1 is 1.35 bits per heavy atom. The Labute approximate surface area is 119 Å². The van der Waals surface area contributed by atoms with Crippen molar-refractivity contribution < 1.29 is 9.21 Å². The molecule has 0 aliphatic carbocycles. The molecule has 1 fully saturated rings. The number of piperidine rings is 1. The summed E-state index contributed by atoms with van der Waals surface area (Å²) in [6.07, 6.45) is 2.35. The minimum Gasteiger partial charge on any atom is -0.453 e. The third kappa shape index (κ3) is 2.63. The van der Waals surface area contributed by atoms with Crippen molar-refractivity contribution in [2.24, 2.45) is 5.92 Å². The number of hydrogen-bond acceptors (Lipinski definition) is 3. The molecule has 3 rings (SSSR count). The molecular weight excluding hydrogens is 250 g/mol. The average molecular weight is 271 g/mol. The molecule has 1 aromatic carbocycles. The van der Waals surface area contributed by atoms with Crippen molar-refractivity contribution in [2.75, 3.05) is 13.1 Å². The quantitative estimate of drug-likeness (QED) is 0.797. The number of carbonyl (C=O) groups is 1. The van der Waals surface area contributed by atoms with Gasteiger partial charge in [-0.2, -0.15) is 0 Å². The van der Waals surface area contributed by atoms with E-state index in [1.807, 2.05) is 30.3 Å². The van der Waals surface area contributed by atoms with E-state index >= 15 is 0 Å². The molecule has 2 heterocycles. The van der Waals surface area contributed by atoms with Crippen LogP contribution < -0.4 is 0 Å². The third-order valence-electron chi connectivity index (χ3n) is 4.32. The monoisotopic (exact) mass is 271 g/mol. The summed E-state index contributed by atoms with van der Waals surface area (Å²) in [5.41, 5.74) is 0.788. The van der Waals surface area contributed by atoms with E-state index in [0.717, 1.165) is 23.4 Å². The van der Waals surface area contributed by atoms with Crippen LogP contribution in [-0.4, -0.2) is 29.8 Å². The number of benzene rings is 1. The summed E-state index contributed by atoms with van der Waals surface area (Å²) in [5, 5.41) is 0.996. The van der Waals surface area contributed by atoms with Gasteiger partial charge in [-0.1, -0.05) is 25.1 Å². The van der Waals surface area contributed by atoms with Crippen LogP contribution >= 0.6 is 0 Å². The normalized spacial score (nSPS) is 24.1. The standard InChI is InChI=1S/C17H21NO2/c1-12-7-8-18(13(2)9-12)11-15(19)17-10-14-5-3-4-6-16(14)20-17/h3-6,10,12-13H,7-9,11H2,1-2H3. The first-order valence-electron chi connectivity index (χ1n) is 7.39. The van der Waals surface area contributed by atoms with Crippen LogP contribution in [0.15, 0.2) is 34.7 Å². The molecule has 1 aromatic heterocycles. The van der Waals surface area contributed by atoms with Gasteiger partial charge in [-0.25, -0.2) is 0 Å². The number of furan rings is 1. The maximum atomic E-state index is 12.4. The minimum absolute atomic E-state index is 0.0857. The van der Waals surface area contributed by atoms with Gasteiger partial charge >= 0.3 is 0 Å². The van der Waals surface area contributed by atoms with Crippen molar-refractivity contribution in [3.63, 3.8) is 0 Å². The summed E-state index contributed by atoms with van der Waals surface area (Å²) in [4.78, 5) is 14.6. The van der Waals surface area contributed by atoms with E-state index in [2.05, 4.69) is 18.7 Å². The highest BCUT2D eigenvalue weighted by molar-refractivity contribution is 5.98. The summed E-state index contributed by atoms with van der Waals surface area (Å²) >= 11 is 0. The Morgan fingerprint density at radius 3 is 2.90 bits per heavy atom. The first-order chi connectivity index (χ1) is 9.63. The minimum atomic E-state index is 0.0857. The van der Waals surface area contributed by atoms with E-state index in [9.17, 15) is 4.79 Å². The number of Topliss-reactive ketones (excluding diaryl/α,β-unsaturated/α-hetero) is 1. The Hall–Kier alpha value is -1.61. The summed E-state index contributed by atoms with van der Waals surface area (Å²) in [5.74, 6) is 1.34.